The van der Waals surface area contributed by atoms with Gasteiger partial charge in [-0.25, -0.2) is 15.0 Å². The molecule has 0 atom stereocenters. The van der Waals surface area contributed by atoms with Gasteiger partial charge < -0.3 is 8.98 Å². The smallest absolute Gasteiger partial charge is 0.166 e. The topological polar surface area (TPSA) is 56.7 Å². The molecule has 6 heteroatoms. The standard InChI is InChI=1S/C57H32N4OS/c1-2-13-34(14-3-1)55-58-56(39-22-24-51-44(28-39)41-20-10-11-21-50(41)62-51)60-57(59-55)45-32-53-46(54-40-19-9-8-12-33(40)23-25-52(54)63-53)31-49(45)61-47-29-37-17-6-4-15-35(37)26-42(47)43-27-36-16-5-7-18-38(36)30-48(43)61/h1-32H. The predicted molar refractivity (Wildman–Crippen MR) is 263 cm³/mol. The fourth-order valence-electron chi connectivity index (χ4n) is 9.80. The first kappa shape index (κ1) is 34.5. The molecular formula is C57H32N4OS. The molecule has 0 saturated heterocycles. The number of nitrogens with zero attached hydrogens (tertiary/aromatic N) is 4. The van der Waals surface area contributed by atoms with Crippen molar-refractivity contribution in [3.05, 3.63) is 194 Å². The molecule has 5 nitrogen and oxygen atoms in total. The zero-order chi connectivity index (χ0) is 41.2. The van der Waals surface area contributed by atoms with Gasteiger partial charge in [-0.1, -0.05) is 127 Å². The van der Waals surface area contributed by atoms with Gasteiger partial charge in [-0.3, -0.25) is 0 Å². The van der Waals surface area contributed by atoms with Crippen LogP contribution in [0.25, 0.3) is 136 Å². The van der Waals surface area contributed by atoms with Gasteiger partial charge in [-0.2, -0.15) is 0 Å². The molecule has 10 aromatic carbocycles. The molecule has 14 aromatic rings. The molecule has 0 unspecified atom stereocenters. The molecule has 292 valence electrons. The van der Waals surface area contributed by atoms with Crippen LogP contribution in [0.1, 0.15) is 0 Å². The number of furan rings is 1. The maximum Gasteiger partial charge on any atom is 0.166 e. The molecule has 0 amide bonds. The summed E-state index contributed by atoms with van der Waals surface area (Å²) in [5, 5.41) is 14.2. The number of benzene rings is 10. The highest BCUT2D eigenvalue weighted by Crippen LogP contribution is 2.45. The maximum atomic E-state index is 6.25. The summed E-state index contributed by atoms with van der Waals surface area (Å²) in [5.41, 5.74) is 7.67. The Labute approximate surface area is 363 Å². The van der Waals surface area contributed by atoms with E-state index >= 15 is 0 Å². The number of aromatic nitrogens is 4. The van der Waals surface area contributed by atoms with Crippen molar-refractivity contribution in [1.82, 2.24) is 19.5 Å². The Balaban J connectivity index is 1.13. The largest absolute Gasteiger partial charge is 0.456 e. The Morgan fingerprint density at radius 1 is 0.365 bits per heavy atom. The Kier molecular flexibility index (Phi) is 7.21. The van der Waals surface area contributed by atoms with E-state index in [1.165, 1.54) is 63.3 Å². The molecule has 0 radical (unpaired) electrons. The average molecular weight is 821 g/mol. The highest BCUT2D eigenvalue weighted by atomic mass is 32.1. The summed E-state index contributed by atoms with van der Waals surface area (Å²) in [5.74, 6) is 1.81. The number of hydrogen-bond acceptors (Lipinski definition) is 5. The molecule has 63 heavy (non-hydrogen) atoms. The number of fused-ring (bicyclic) bond motifs is 13. The molecule has 0 bridgehead atoms. The Morgan fingerprint density at radius 3 is 1.68 bits per heavy atom. The first-order chi connectivity index (χ1) is 31.2. The zero-order valence-electron chi connectivity index (χ0n) is 33.6. The van der Waals surface area contributed by atoms with Crippen LogP contribution >= 0.6 is 11.3 Å². The van der Waals surface area contributed by atoms with Crippen LogP contribution in [0, 0.1) is 0 Å². The molecule has 0 N–H and O–H groups in total. The van der Waals surface area contributed by atoms with Crippen molar-refractivity contribution in [1.29, 1.82) is 0 Å². The summed E-state index contributed by atoms with van der Waals surface area (Å²) in [7, 11) is 0. The van der Waals surface area contributed by atoms with Gasteiger partial charge in [0.25, 0.3) is 0 Å². The predicted octanol–water partition coefficient (Wildman–Crippen LogP) is 15.7. The van der Waals surface area contributed by atoms with E-state index in [0.717, 1.165) is 55.3 Å². The van der Waals surface area contributed by atoms with Crippen molar-refractivity contribution in [2.24, 2.45) is 0 Å². The number of thiophene rings is 1. The van der Waals surface area contributed by atoms with Crippen molar-refractivity contribution in [3.8, 4) is 39.9 Å². The minimum atomic E-state index is 0.596. The zero-order valence-corrected chi connectivity index (χ0v) is 34.4. The van der Waals surface area contributed by atoms with E-state index in [2.05, 4.69) is 156 Å². The lowest BCUT2D eigenvalue weighted by atomic mass is 10.0. The normalized spacial score (nSPS) is 12.1. The molecule has 0 aliphatic rings. The van der Waals surface area contributed by atoms with Crippen molar-refractivity contribution in [2.75, 3.05) is 0 Å². The summed E-state index contributed by atoms with van der Waals surface area (Å²) in [4.78, 5) is 16.0. The van der Waals surface area contributed by atoms with Crippen LogP contribution in [0.15, 0.2) is 199 Å². The van der Waals surface area contributed by atoms with Gasteiger partial charge in [0, 0.05) is 58.4 Å². The van der Waals surface area contributed by atoms with Crippen LogP contribution in [-0.2, 0) is 0 Å². The van der Waals surface area contributed by atoms with Crippen LogP contribution in [0.2, 0.25) is 0 Å². The van der Waals surface area contributed by atoms with Crippen molar-refractivity contribution >= 4 is 108 Å². The summed E-state index contributed by atoms with van der Waals surface area (Å²) < 4.78 is 11.1. The third-order valence-corrected chi connectivity index (χ3v) is 13.9. The molecule has 4 heterocycles. The van der Waals surface area contributed by atoms with Crippen LogP contribution in [0.3, 0.4) is 0 Å². The van der Waals surface area contributed by atoms with Gasteiger partial charge in [0.2, 0.25) is 0 Å². The lowest BCUT2D eigenvalue weighted by molar-refractivity contribution is 0.669. The monoisotopic (exact) mass is 820 g/mol. The molecule has 0 fully saturated rings. The lowest BCUT2D eigenvalue weighted by Gasteiger charge is -2.16. The van der Waals surface area contributed by atoms with E-state index in [0.29, 0.717) is 17.5 Å². The molecule has 0 aliphatic carbocycles. The second-order valence-electron chi connectivity index (χ2n) is 16.4. The summed E-state index contributed by atoms with van der Waals surface area (Å²) in [6.45, 7) is 0. The highest BCUT2D eigenvalue weighted by molar-refractivity contribution is 7.26. The lowest BCUT2D eigenvalue weighted by Crippen LogP contribution is -2.04. The fourth-order valence-corrected chi connectivity index (χ4v) is 10.9. The highest BCUT2D eigenvalue weighted by Gasteiger charge is 2.23. The Hall–Kier alpha value is -8.19. The number of rotatable bonds is 4. The maximum absolute atomic E-state index is 6.25. The van der Waals surface area contributed by atoms with E-state index in [-0.39, 0.29) is 0 Å². The van der Waals surface area contributed by atoms with Gasteiger partial charge in [-0.05, 0) is 99.0 Å². The Bertz CT molecular complexity index is 4130. The first-order valence-electron chi connectivity index (χ1n) is 21.2. The number of para-hydroxylation sites is 1. The van der Waals surface area contributed by atoms with Crippen molar-refractivity contribution < 1.29 is 4.42 Å². The molecule has 0 aliphatic heterocycles. The molecule has 0 saturated carbocycles. The molecule has 4 aromatic heterocycles. The van der Waals surface area contributed by atoms with Gasteiger partial charge in [0.15, 0.2) is 17.5 Å². The quantitative estimate of drug-likeness (QED) is 0.177. The van der Waals surface area contributed by atoms with Gasteiger partial charge in [-0.15, -0.1) is 11.3 Å². The van der Waals surface area contributed by atoms with E-state index in [9.17, 15) is 0 Å². The van der Waals surface area contributed by atoms with Crippen LogP contribution < -0.4 is 0 Å². The second-order valence-corrected chi connectivity index (χ2v) is 17.5. The third-order valence-electron chi connectivity index (χ3n) is 12.8. The van der Waals surface area contributed by atoms with Gasteiger partial charge in [0.05, 0.1) is 16.7 Å². The van der Waals surface area contributed by atoms with E-state index < -0.39 is 0 Å². The van der Waals surface area contributed by atoms with E-state index in [1.54, 1.807) is 0 Å². The van der Waals surface area contributed by atoms with E-state index in [4.69, 9.17) is 19.4 Å². The van der Waals surface area contributed by atoms with Crippen LogP contribution in [0.5, 0.6) is 0 Å². The molecule has 14 rings (SSSR count). The van der Waals surface area contributed by atoms with Crippen LogP contribution in [-0.4, -0.2) is 19.5 Å². The summed E-state index contributed by atoms with van der Waals surface area (Å²) in [6, 6.07) is 69.3. The minimum Gasteiger partial charge on any atom is -0.456 e. The van der Waals surface area contributed by atoms with Crippen molar-refractivity contribution in [2.45, 2.75) is 0 Å². The van der Waals surface area contributed by atoms with Crippen LogP contribution in [0.4, 0.5) is 0 Å². The fraction of sp³-hybridized carbons (Fsp3) is 0. The minimum absolute atomic E-state index is 0.596. The molecular weight excluding hydrogens is 789 g/mol. The average Bonchev–Trinajstić information content (AvgIpc) is 4.00. The second kappa shape index (κ2) is 13.2. The summed E-state index contributed by atoms with van der Waals surface area (Å²) in [6.07, 6.45) is 0. The van der Waals surface area contributed by atoms with Gasteiger partial charge in [0.1, 0.15) is 11.2 Å². The van der Waals surface area contributed by atoms with Crippen molar-refractivity contribution in [3.63, 3.8) is 0 Å². The first-order valence-corrected chi connectivity index (χ1v) is 22.0. The summed E-state index contributed by atoms with van der Waals surface area (Å²) >= 11 is 1.82. The Morgan fingerprint density at radius 2 is 0.952 bits per heavy atom. The number of hydrogen-bond donors (Lipinski definition) is 0. The van der Waals surface area contributed by atoms with Gasteiger partial charge >= 0.3 is 0 Å². The third kappa shape index (κ3) is 5.25. The molecule has 0 spiro atoms. The van der Waals surface area contributed by atoms with E-state index in [1.807, 2.05) is 53.8 Å². The SMILES string of the molecule is c1ccc(-c2nc(-c3ccc4oc5ccccc5c4c3)nc(-c3cc4sc5ccc6ccccc6c5c4cc3-n3c4cc5ccccc5cc4c4cc5ccccc5cc43)n2)cc1.